The average molecular weight is 305 g/mol. The molecule has 22 heavy (non-hydrogen) atoms. The van der Waals surface area contributed by atoms with Crippen LogP contribution in [0.5, 0.6) is 5.75 Å². The topological polar surface area (TPSA) is 64.6 Å². The summed E-state index contributed by atoms with van der Waals surface area (Å²) < 4.78 is 10.2. The number of hydrogen-bond acceptors (Lipinski definition) is 4. The summed E-state index contributed by atoms with van der Waals surface area (Å²) in [6.07, 6.45) is 5.55. The molecule has 5 nitrogen and oxygen atoms in total. The van der Waals surface area contributed by atoms with Crippen molar-refractivity contribution in [2.75, 3.05) is 13.2 Å². The number of rotatable bonds is 6. The fraction of sp³-hybridized carbons (Fsp3) is 0.529. The number of carbonyl (C=O) groups excluding carboxylic acids is 2. The Morgan fingerprint density at radius 2 is 1.95 bits per heavy atom. The molecule has 1 aliphatic carbocycles. The van der Waals surface area contributed by atoms with Gasteiger partial charge in [-0.3, -0.25) is 4.79 Å². The van der Waals surface area contributed by atoms with E-state index in [9.17, 15) is 9.59 Å². The summed E-state index contributed by atoms with van der Waals surface area (Å²) in [5.74, 6) is -0.167. The minimum absolute atomic E-state index is 0.194. The smallest absolute Gasteiger partial charge is 0.344 e. The van der Waals surface area contributed by atoms with Crippen molar-refractivity contribution in [2.24, 2.45) is 0 Å². The lowest BCUT2D eigenvalue weighted by molar-refractivity contribution is -0.150. The lowest BCUT2D eigenvalue weighted by atomic mass is 9.95. The molecule has 0 saturated heterocycles. The molecule has 2 rings (SSSR count). The monoisotopic (exact) mass is 305 g/mol. The number of nitrogens with one attached hydrogen (secondary N) is 1. The van der Waals surface area contributed by atoms with Crippen LogP contribution in [0.2, 0.25) is 0 Å². The van der Waals surface area contributed by atoms with Gasteiger partial charge in [0, 0.05) is 6.04 Å². The van der Waals surface area contributed by atoms with Crippen molar-refractivity contribution in [3.8, 4) is 5.75 Å². The van der Waals surface area contributed by atoms with Crippen LogP contribution in [0.15, 0.2) is 24.3 Å². The first kappa shape index (κ1) is 16.3. The predicted molar refractivity (Wildman–Crippen MR) is 82.6 cm³/mol. The van der Waals surface area contributed by atoms with Gasteiger partial charge in [-0.15, -0.1) is 0 Å². The number of aryl methyl sites for hydroxylation is 1. The molecule has 1 aromatic rings. The molecule has 1 N–H and O–H groups in total. The van der Waals surface area contributed by atoms with Gasteiger partial charge in [0.25, 0.3) is 5.91 Å². The van der Waals surface area contributed by atoms with Crippen LogP contribution < -0.4 is 10.1 Å². The van der Waals surface area contributed by atoms with Crippen LogP contribution in [-0.4, -0.2) is 31.1 Å². The Morgan fingerprint density at radius 1 is 1.18 bits per heavy atom. The summed E-state index contributed by atoms with van der Waals surface area (Å²) in [6.45, 7) is 1.51. The minimum Gasteiger partial charge on any atom is -0.482 e. The van der Waals surface area contributed by atoms with Gasteiger partial charge in [0.05, 0.1) is 0 Å². The molecule has 0 bridgehead atoms. The molecule has 1 saturated carbocycles. The van der Waals surface area contributed by atoms with E-state index >= 15 is 0 Å². The lowest BCUT2D eigenvalue weighted by Gasteiger charge is -2.22. The van der Waals surface area contributed by atoms with E-state index in [4.69, 9.17) is 9.47 Å². The zero-order valence-electron chi connectivity index (χ0n) is 13.0. The Kier molecular flexibility index (Phi) is 6.25. The van der Waals surface area contributed by atoms with E-state index in [1.54, 1.807) is 6.07 Å². The first-order valence-corrected chi connectivity index (χ1v) is 7.78. The van der Waals surface area contributed by atoms with E-state index in [2.05, 4.69) is 5.32 Å². The Bertz CT molecular complexity index is 509. The third-order valence-electron chi connectivity index (χ3n) is 3.68. The van der Waals surface area contributed by atoms with Gasteiger partial charge in [-0.25, -0.2) is 4.79 Å². The third-order valence-corrected chi connectivity index (χ3v) is 3.68. The summed E-state index contributed by atoms with van der Waals surface area (Å²) in [5, 5.41) is 2.90. The average Bonchev–Trinajstić information content (AvgIpc) is 2.52. The van der Waals surface area contributed by atoms with Crippen LogP contribution in [0.4, 0.5) is 0 Å². The van der Waals surface area contributed by atoms with Crippen molar-refractivity contribution in [3.63, 3.8) is 0 Å². The van der Waals surface area contributed by atoms with Gasteiger partial charge < -0.3 is 14.8 Å². The van der Waals surface area contributed by atoms with Crippen LogP contribution in [-0.2, 0) is 14.3 Å². The van der Waals surface area contributed by atoms with Crippen molar-refractivity contribution < 1.29 is 19.1 Å². The molecule has 5 heteroatoms. The summed E-state index contributed by atoms with van der Waals surface area (Å²) in [6, 6.07) is 7.64. The maximum Gasteiger partial charge on any atom is 0.344 e. The Morgan fingerprint density at radius 3 is 2.68 bits per heavy atom. The van der Waals surface area contributed by atoms with Crippen LogP contribution in [0.3, 0.4) is 0 Å². The Balaban J connectivity index is 1.63. The highest BCUT2D eigenvalue weighted by Gasteiger charge is 2.16. The molecule has 1 amide bonds. The molecule has 0 spiro atoms. The van der Waals surface area contributed by atoms with Gasteiger partial charge in [0.15, 0.2) is 13.2 Å². The highest BCUT2D eigenvalue weighted by atomic mass is 16.6. The second kappa shape index (κ2) is 8.41. The minimum atomic E-state index is -0.541. The molecule has 1 aromatic carbocycles. The number of ether oxygens (including phenoxy) is 2. The first-order chi connectivity index (χ1) is 10.6. The van der Waals surface area contributed by atoms with E-state index in [0.717, 1.165) is 31.2 Å². The quantitative estimate of drug-likeness (QED) is 0.820. The van der Waals surface area contributed by atoms with Crippen molar-refractivity contribution in [2.45, 2.75) is 45.1 Å². The number of benzene rings is 1. The fourth-order valence-corrected chi connectivity index (χ4v) is 2.55. The second-order valence-electron chi connectivity index (χ2n) is 5.67. The zero-order valence-corrected chi connectivity index (χ0v) is 13.0. The number of hydrogen-bond donors (Lipinski definition) is 1. The van der Waals surface area contributed by atoms with Gasteiger partial charge >= 0.3 is 5.97 Å². The first-order valence-electron chi connectivity index (χ1n) is 7.78. The molecular weight excluding hydrogens is 282 g/mol. The van der Waals surface area contributed by atoms with E-state index in [0.29, 0.717) is 5.75 Å². The van der Waals surface area contributed by atoms with Gasteiger partial charge in [-0.1, -0.05) is 31.4 Å². The standard InChI is InChI=1S/C17H23NO4/c1-13-6-5-9-15(10-13)21-12-17(20)22-11-16(19)18-14-7-3-2-4-8-14/h5-6,9-10,14H,2-4,7-8,11-12H2,1H3,(H,18,19). The van der Waals surface area contributed by atoms with Gasteiger partial charge in [-0.2, -0.15) is 0 Å². The molecule has 0 radical (unpaired) electrons. The summed E-state index contributed by atoms with van der Waals surface area (Å²) >= 11 is 0. The Labute approximate surface area is 131 Å². The summed E-state index contributed by atoms with van der Waals surface area (Å²) in [7, 11) is 0. The van der Waals surface area contributed by atoms with E-state index in [1.807, 2.05) is 25.1 Å². The predicted octanol–water partition coefficient (Wildman–Crippen LogP) is 2.37. The fourth-order valence-electron chi connectivity index (χ4n) is 2.55. The molecular formula is C17H23NO4. The maximum absolute atomic E-state index is 11.7. The van der Waals surface area contributed by atoms with Gasteiger partial charge in [0.1, 0.15) is 5.75 Å². The molecule has 0 aromatic heterocycles. The highest BCUT2D eigenvalue weighted by Crippen LogP contribution is 2.17. The van der Waals surface area contributed by atoms with E-state index in [1.165, 1.54) is 6.42 Å². The van der Waals surface area contributed by atoms with Crippen LogP contribution in [0.1, 0.15) is 37.7 Å². The van der Waals surface area contributed by atoms with Crippen molar-refractivity contribution in [3.05, 3.63) is 29.8 Å². The van der Waals surface area contributed by atoms with Gasteiger partial charge in [-0.05, 0) is 37.5 Å². The van der Waals surface area contributed by atoms with Crippen molar-refractivity contribution >= 4 is 11.9 Å². The molecule has 0 unspecified atom stereocenters. The number of carbonyl (C=O) groups is 2. The molecule has 0 heterocycles. The highest BCUT2D eigenvalue weighted by molar-refractivity contribution is 5.81. The van der Waals surface area contributed by atoms with Crippen molar-refractivity contribution in [1.82, 2.24) is 5.32 Å². The zero-order chi connectivity index (χ0) is 15.8. The molecule has 0 atom stereocenters. The molecule has 1 aliphatic rings. The van der Waals surface area contributed by atoms with Crippen LogP contribution >= 0.6 is 0 Å². The Hall–Kier alpha value is -2.04. The van der Waals surface area contributed by atoms with Crippen LogP contribution in [0.25, 0.3) is 0 Å². The van der Waals surface area contributed by atoms with E-state index < -0.39 is 5.97 Å². The molecule has 0 aliphatic heterocycles. The maximum atomic E-state index is 11.7. The van der Waals surface area contributed by atoms with Crippen molar-refractivity contribution in [1.29, 1.82) is 0 Å². The number of amides is 1. The van der Waals surface area contributed by atoms with Crippen LogP contribution in [0, 0.1) is 6.92 Å². The number of esters is 1. The van der Waals surface area contributed by atoms with E-state index in [-0.39, 0.29) is 25.2 Å². The SMILES string of the molecule is Cc1cccc(OCC(=O)OCC(=O)NC2CCCCC2)c1. The lowest BCUT2D eigenvalue weighted by Crippen LogP contribution is -2.39. The summed E-state index contributed by atoms with van der Waals surface area (Å²) in [5.41, 5.74) is 1.05. The molecule has 1 fully saturated rings. The normalized spacial score (nSPS) is 15.1. The third kappa shape index (κ3) is 5.76. The molecule has 120 valence electrons. The largest absolute Gasteiger partial charge is 0.482 e. The second-order valence-corrected chi connectivity index (χ2v) is 5.67. The van der Waals surface area contributed by atoms with Gasteiger partial charge in [0.2, 0.25) is 0 Å². The summed E-state index contributed by atoms with van der Waals surface area (Å²) in [4.78, 5) is 23.3.